The molecule has 14 aromatic rings. The maximum absolute atomic E-state index is 5.01. The van der Waals surface area contributed by atoms with Crippen molar-refractivity contribution >= 4 is 43.6 Å². The van der Waals surface area contributed by atoms with Crippen molar-refractivity contribution in [1.29, 1.82) is 0 Å². The van der Waals surface area contributed by atoms with Crippen LogP contribution in [0.3, 0.4) is 0 Å². The van der Waals surface area contributed by atoms with Crippen molar-refractivity contribution in [3.63, 3.8) is 0 Å². The van der Waals surface area contributed by atoms with Crippen LogP contribution in [0.25, 0.3) is 134 Å². The standard InChI is InChI=1S/C62H38N12/c1-3-13-53-49(11-1)51-37-43(15-17-55(51)73(53)47-9-5-7-45(35-47)61-69-57(39-19-27-63-28-20-39)67-58(70-61)40-21-29-64-30-22-40)44-16-18-56-52(38-44)50-12-2-4-14-54(50)74(56)48-10-6-8-46(36-48)62-71-59(41-23-31-65-32-24-41)68-60(72-62)42-25-33-66-34-26-42/h1-38H. The first-order valence-electron chi connectivity index (χ1n) is 24.1. The van der Waals surface area contributed by atoms with Gasteiger partial charge in [0, 0.05) is 116 Å². The number of pyridine rings is 4. The minimum atomic E-state index is 0.569. The second-order valence-electron chi connectivity index (χ2n) is 17.8. The van der Waals surface area contributed by atoms with Crippen LogP contribution in [0.4, 0.5) is 0 Å². The van der Waals surface area contributed by atoms with Gasteiger partial charge in [-0.05, 0) is 120 Å². The number of fused-ring (bicyclic) bond motifs is 6. The summed E-state index contributed by atoms with van der Waals surface area (Å²) in [4.78, 5) is 46.6. The fraction of sp³-hybridized carbons (Fsp3) is 0. The van der Waals surface area contributed by atoms with Gasteiger partial charge >= 0.3 is 0 Å². The summed E-state index contributed by atoms with van der Waals surface area (Å²) in [6, 6.07) is 62.9. The number of nitrogens with zero attached hydrogens (tertiary/aromatic N) is 12. The molecule has 6 aromatic carbocycles. The van der Waals surface area contributed by atoms with Crippen LogP contribution in [0.1, 0.15) is 0 Å². The summed E-state index contributed by atoms with van der Waals surface area (Å²) in [5.74, 6) is 3.42. The second-order valence-corrected chi connectivity index (χ2v) is 17.8. The average molecular weight is 951 g/mol. The Bertz CT molecular complexity index is 4020. The smallest absolute Gasteiger partial charge is 0.164 e. The molecule has 0 saturated heterocycles. The molecule has 0 saturated carbocycles. The van der Waals surface area contributed by atoms with Gasteiger partial charge in [-0.25, -0.2) is 29.9 Å². The Morgan fingerprint density at radius 1 is 0.216 bits per heavy atom. The van der Waals surface area contributed by atoms with E-state index >= 15 is 0 Å². The first kappa shape index (κ1) is 42.4. The van der Waals surface area contributed by atoms with Gasteiger partial charge in [0.1, 0.15) is 0 Å². The molecule has 0 N–H and O–H groups in total. The molecule has 0 amide bonds. The molecule has 0 fully saturated rings. The molecular weight excluding hydrogens is 913 g/mol. The first-order chi connectivity index (χ1) is 36.7. The molecule has 12 nitrogen and oxygen atoms in total. The Morgan fingerprint density at radius 3 is 0.878 bits per heavy atom. The zero-order chi connectivity index (χ0) is 49.0. The summed E-state index contributed by atoms with van der Waals surface area (Å²) in [5, 5.41) is 4.62. The highest BCUT2D eigenvalue weighted by Crippen LogP contribution is 2.39. The van der Waals surface area contributed by atoms with Gasteiger partial charge in [0.15, 0.2) is 34.9 Å². The Hall–Kier alpha value is -10.5. The average Bonchev–Trinajstić information content (AvgIpc) is 4.00. The molecule has 14 rings (SSSR count). The van der Waals surface area contributed by atoms with Crippen LogP contribution < -0.4 is 0 Å². The van der Waals surface area contributed by atoms with Gasteiger partial charge in [0.05, 0.1) is 22.1 Å². The molecule has 12 heteroatoms. The maximum atomic E-state index is 5.01. The van der Waals surface area contributed by atoms with Crippen LogP contribution in [0, 0.1) is 0 Å². The summed E-state index contributed by atoms with van der Waals surface area (Å²) in [6.07, 6.45) is 14.0. The van der Waals surface area contributed by atoms with Crippen molar-refractivity contribution in [2.45, 2.75) is 0 Å². The molecule has 0 bridgehead atoms. The first-order valence-corrected chi connectivity index (χ1v) is 24.1. The van der Waals surface area contributed by atoms with E-state index in [-0.39, 0.29) is 0 Å². The predicted octanol–water partition coefficient (Wildman–Crippen LogP) is 13.5. The third-order valence-corrected chi connectivity index (χ3v) is 13.4. The largest absolute Gasteiger partial charge is 0.309 e. The Labute approximate surface area is 423 Å². The van der Waals surface area contributed by atoms with Crippen molar-refractivity contribution in [3.05, 3.63) is 232 Å². The monoisotopic (exact) mass is 950 g/mol. The molecule has 0 atom stereocenters. The van der Waals surface area contributed by atoms with Crippen LogP contribution >= 0.6 is 0 Å². The fourth-order valence-electron chi connectivity index (χ4n) is 9.96. The van der Waals surface area contributed by atoms with Crippen molar-refractivity contribution in [3.8, 4) is 90.8 Å². The van der Waals surface area contributed by atoms with E-state index in [9.17, 15) is 0 Å². The molecular formula is C62H38N12. The second kappa shape index (κ2) is 17.7. The quantitative estimate of drug-likeness (QED) is 0.137. The summed E-state index contributed by atoms with van der Waals surface area (Å²) in [6.45, 7) is 0. The lowest BCUT2D eigenvalue weighted by atomic mass is 10.0. The minimum Gasteiger partial charge on any atom is -0.309 e. The van der Waals surface area contributed by atoms with Crippen molar-refractivity contribution < 1.29 is 0 Å². The molecule has 0 aliphatic heterocycles. The lowest BCUT2D eigenvalue weighted by Gasteiger charge is -2.12. The number of hydrogen-bond acceptors (Lipinski definition) is 10. The minimum absolute atomic E-state index is 0.569. The number of para-hydroxylation sites is 2. The van der Waals surface area contributed by atoms with Crippen LogP contribution in [-0.2, 0) is 0 Å². The van der Waals surface area contributed by atoms with Gasteiger partial charge in [0.25, 0.3) is 0 Å². The molecule has 0 unspecified atom stereocenters. The number of hydrogen-bond donors (Lipinski definition) is 0. The van der Waals surface area contributed by atoms with Crippen LogP contribution in [0.15, 0.2) is 232 Å². The lowest BCUT2D eigenvalue weighted by Crippen LogP contribution is -2.01. The van der Waals surface area contributed by atoms with E-state index in [1.807, 2.05) is 48.5 Å². The van der Waals surface area contributed by atoms with Crippen LogP contribution in [-0.4, -0.2) is 59.0 Å². The fourth-order valence-corrected chi connectivity index (χ4v) is 9.96. The van der Waals surface area contributed by atoms with E-state index in [4.69, 9.17) is 29.9 Å². The van der Waals surface area contributed by atoms with E-state index < -0.39 is 0 Å². The molecule has 0 radical (unpaired) electrons. The summed E-state index contributed by atoms with van der Waals surface area (Å²) < 4.78 is 4.66. The van der Waals surface area contributed by atoms with Crippen LogP contribution in [0.2, 0.25) is 0 Å². The van der Waals surface area contributed by atoms with Gasteiger partial charge in [-0.2, -0.15) is 0 Å². The maximum Gasteiger partial charge on any atom is 0.164 e. The van der Waals surface area contributed by atoms with Gasteiger partial charge in [-0.3, -0.25) is 19.9 Å². The van der Waals surface area contributed by atoms with E-state index in [0.717, 1.165) is 99.5 Å². The zero-order valence-electron chi connectivity index (χ0n) is 39.3. The zero-order valence-corrected chi connectivity index (χ0v) is 39.3. The SMILES string of the molecule is c1cc(-c2nc(-c3ccncc3)nc(-c3ccncc3)n2)cc(-n2c3ccccc3c3cc(-c4ccc5c(c4)c4ccccc4n5-c4cccc(-c5nc(-c6ccncc6)nc(-c6ccncc6)n5)c4)ccc32)c1. The molecule has 0 aliphatic rings. The Morgan fingerprint density at radius 2 is 0.527 bits per heavy atom. The van der Waals surface area contributed by atoms with Gasteiger partial charge in [0.2, 0.25) is 0 Å². The van der Waals surface area contributed by atoms with Gasteiger partial charge in [-0.15, -0.1) is 0 Å². The highest BCUT2D eigenvalue weighted by Gasteiger charge is 2.20. The molecule has 74 heavy (non-hydrogen) atoms. The summed E-state index contributed by atoms with van der Waals surface area (Å²) in [7, 11) is 0. The molecule has 0 spiro atoms. The highest BCUT2D eigenvalue weighted by molar-refractivity contribution is 6.12. The van der Waals surface area contributed by atoms with Crippen LogP contribution in [0.5, 0.6) is 0 Å². The topological polar surface area (TPSA) is 139 Å². The molecule has 8 aromatic heterocycles. The number of rotatable bonds is 9. The van der Waals surface area contributed by atoms with E-state index in [1.165, 1.54) is 0 Å². The summed E-state index contributed by atoms with van der Waals surface area (Å²) in [5.41, 5.74) is 13.8. The third-order valence-electron chi connectivity index (χ3n) is 13.4. The number of aromatic nitrogens is 12. The predicted molar refractivity (Wildman–Crippen MR) is 291 cm³/mol. The highest BCUT2D eigenvalue weighted by atomic mass is 15.1. The van der Waals surface area contributed by atoms with Gasteiger partial charge < -0.3 is 9.13 Å². The van der Waals surface area contributed by atoms with E-state index in [2.05, 4.69) is 163 Å². The summed E-state index contributed by atoms with van der Waals surface area (Å²) >= 11 is 0. The Kier molecular flexibility index (Phi) is 10.2. The molecule has 346 valence electrons. The number of benzene rings is 6. The van der Waals surface area contributed by atoms with Gasteiger partial charge in [-0.1, -0.05) is 72.8 Å². The Balaban J connectivity index is 0.856. The van der Waals surface area contributed by atoms with Crippen molar-refractivity contribution in [1.82, 2.24) is 59.0 Å². The molecule has 0 aliphatic carbocycles. The van der Waals surface area contributed by atoms with E-state index in [1.54, 1.807) is 49.6 Å². The molecule has 8 heterocycles. The van der Waals surface area contributed by atoms with Crippen molar-refractivity contribution in [2.24, 2.45) is 0 Å². The van der Waals surface area contributed by atoms with E-state index in [0.29, 0.717) is 34.9 Å². The van der Waals surface area contributed by atoms with Crippen molar-refractivity contribution in [2.75, 3.05) is 0 Å². The normalized spacial score (nSPS) is 11.5. The lowest BCUT2D eigenvalue weighted by molar-refractivity contribution is 1.07. The third kappa shape index (κ3) is 7.49.